The van der Waals surface area contributed by atoms with Crippen molar-refractivity contribution in [2.45, 2.75) is 59.5 Å². The molecule has 1 rings (SSSR count). The van der Waals surface area contributed by atoms with Gasteiger partial charge in [-0.25, -0.2) is 0 Å². The molecule has 1 fully saturated rings. The van der Waals surface area contributed by atoms with E-state index in [0.29, 0.717) is 5.92 Å². The molecule has 5 heteroatoms. The zero-order valence-corrected chi connectivity index (χ0v) is 14.1. The predicted octanol–water partition coefficient (Wildman–Crippen LogP) is 1.47. The second kappa shape index (κ2) is 7.78. The monoisotopic (exact) mass is 297 g/mol. The van der Waals surface area contributed by atoms with E-state index in [0.717, 1.165) is 32.5 Å². The number of hydrogen-bond acceptors (Lipinski definition) is 3. The molecule has 0 saturated carbocycles. The Balaban J connectivity index is 2.49. The molecule has 0 bridgehead atoms. The van der Waals surface area contributed by atoms with E-state index in [1.54, 1.807) is 6.92 Å². The van der Waals surface area contributed by atoms with E-state index in [2.05, 4.69) is 0 Å². The molecule has 2 N–H and O–H groups in total. The number of nitrogens with two attached hydrogens (primary N) is 1. The summed E-state index contributed by atoms with van der Waals surface area (Å²) in [5.74, 6) is 0.848. The average Bonchev–Trinajstić information content (AvgIpc) is 2.42. The number of carbonyl (C=O) groups is 2. The highest BCUT2D eigenvalue weighted by atomic mass is 16.2. The van der Waals surface area contributed by atoms with Gasteiger partial charge >= 0.3 is 0 Å². The smallest absolute Gasteiger partial charge is 0.239 e. The number of rotatable bonds is 5. The lowest BCUT2D eigenvalue weighted by molar-refractivity contribution is -0.136. The average molecular weight is 297 g/mol. The van der Waals surface area contributed by atoms with Gasteiger partial charge in [-0.05, 0) is 38.5 Å². The van der Waals surface area contributed by atoms with Gasteiger partial charge in [-0.3, -0.25) is 9.59 Å². The van der Waals surface area contributed by atoms with Crippen molar-refractivity contribution in [3.05, 3.63) is 0 Å². The Morgan fingerprint density at radius 3 is 2.10 bits per heavy atom. The van der Waals surface area contributed by atoms with Crippen molar-refractivity contribution in [3.63, 3.8) is 0 Å². The predicted molar refractivity (Wildman–Crippen MR) is 84.6 cm³/mol. The van der Waals surface area contributed by atoms with Crippen LogP contribution in [0.1, 0.15) is 47.5 Å². The first kappa shape index (κ1) is 18.0. The maximum atomic E-state index is 12.2. The topological polar surface area (TPSA) is 66.6 Å². The van der Waals surface area contributed by atoms with Crippen molar-refractivity contribution < 1.29 is 9.59 Å². The highest BCUT2D eigenvalue weighted by Crippen LogP contribution is 2.20. The third kappa shape index (κ3) is 4.99. The molecule has 1 heterocycles. The summed E-state index contributed by atoms with van der Waals surface area (Å²) in [5, 5.41) is 0. The molecule has 1 atom stereocenters. The van der Waals surface area contributed by atoms with Crippen LogP contribution in [0, 0.1) is 11.8 Å². The molecular formula is C16H31N3O2. The van der Waals surface area contributed by atoms with E-state index in [-0.39, 0.29) is 23.8 Å². The zero-order valence-electron chi connectivity index (χ0n) is 14.1. The summed E-state index contributed by atoms with van der Waals surface area (Å²) in [4.78, 5) is 27.7. The molecule has 1 saturated heterocycles. The van der Waals surface area contributed by atoms with Gasteiger partial charge in [-0.2, -0.15) is 0 Å². The van der Waals surface area contributed by atoms with Gasteiger partial charge in [0.05, 0.1) is 6.04 Å². The summed E-state index contributed by atoms with van der Waals surface area (Å²) in [7, 11) is 0. The van der Waals surface area contributed by atoms with Crippen LogP contribution in [0.15, 0.2) is 0 Å². The maximum absolute atomic E-state index is 12.2. The minimum atomic E-state index is -0.397. The number of piperidine rings is 1. The summed E-state index contributed by atoms with van der Waals surface area (Å²) in [6.07, 6.45) is 1.90. The second-order valence-corrected chi connectivity index (χ2v) is 6.80. The fourth-order valence-electron chi connectivity index (χ4n) is 2.81. The van der Waals surface area contributed by atoms with Crippen LogP contribution >= 0.6 is 0 Å². The van der Waals surface area contributed by atoms with E-state index in [1.807, 2.05) is 37.5 Å². The van der Waals surface area contributed by atoms with Crippen molar-refractivity contribution in [1.82, 2.24) is 9.80 Å². The second-order valence-electron chi connectivity index (χ2n) is 6.80. The Morgan fingerprint density at radius 1 is 1.19 bits per heavy atom. The van der Waals surface area contributed by atoms with Crippen molar-refractivity contribution in [2.24, 2.45) is 17.6 Å². The number of likely N-dealkylation sites (tertiary alicyclic amines) is 1. The highest BCUT2D eigenvalue weighted by Gasteiger charge is 2.29. The number of nitrogens with zero attached hydrogens (tertiary/aromatic N) is 2. The van der Waals surface area contributed by atoms with Crippen LogP contribution in [0.2, 0.25) is 0 Å². The van der Waals surface area contributed by atoms with Crippen LogP contribution < -0.4 is 5.73 Å². The van der Waals surface area contributed by atoms with Gasteiger partial charge in [-0.15, -0.1) is 0 Å². The maximum Gasteiger partial charge on any atom is 0.239 e. The molecule has 0 aromatic heterocycles. The standard InChI is InChI=1S/C16H31N3O2/c1-11(2)15(17)16(21)18-8-6-14(7-9-18)10-19(12(3)4)13(5)20/h11-12,14-15H,6-10,17H2,1-5H3/t15-/m0/s1. The summed E-state index contributed by atoms with van der Waals surface area (Å²) in [5.41, 5.74) is 5.94. The molecule has 0 unspecified atom stereocenters. The van der Waals surface area contributed by atoms with Crippen LogP contribution in [0.4, 0.5) is 0 Å². The van der Waals surface area contributed by atoms with E-state index in [1.165, 1.54) is 0 Å². The molecule has 2 amide bonds. The summed E-state index contributed by atoms with van der Waals surface area (Å²) >= 11 is 0. The Kier molecular flexibility index (Phi) is 6.65. The van der Waals surface area contributed by atoms with Gasteiger partial charge in [0, 0.05) is 32.6 Å². The highest BCUT2D eigenvalue weighted by molar-refractivity contribution is 5.82. The first-order chi connectivity index (χ1) is 9.73. The fraction of sp³-hybridized carbons (Fsp3) is 0.875. The lowest BCUT2D eigenvalue weighted by atomic mass is 9.94. The third-order valence-electron chi connectivity index (χ3n) is 4.41. The van der Waals surface area contributed by atoms with E-state index < -0.39 is 6.04 Å². The lowest BCUT2D eigenvalue weighted by Crippen LogP contribution is -2.50. The number of amides is 2. The molecule has 21 heavy (non-hydrogen) atoms. The van der Waals surface area contributed by atoms with Crippen LogP contribution in [0.3, 0.4) is 0 Å². The van der Waals surface area contributed by atoms with Crippen LogP contribution in [0.25, 0.3) is 0 Å². The first-order valence-corrected chi connectivity index (χ1v) is 8.05. The molecule has 0 aliphatic carbocycles. The minimum Gasteiger partial charge on any atom is -0.341 e. The number of carbonyl (C=O) groups excluding carboxylic acids is 2. The van der Waals surface area contributed by atoms with Crippen molar-refractivity contribution >= 4 is 11.8 Å². The number of hydrogen-bond donors (Lipinski definition) is 1. The van der Waals surface area contributed by atoms with Crippen molar-refractivity contribution in [1.29, 1.82) is 0 Å². The van der Waals surface area contributed by atoms with Gasteiger partial charge in [0.2, 0.25) is 11.8 Å². The van der Waals surface area contributed by atoms with Crippen LogP contribution in [-0.2, 0) is 9.59 Å². The lowest BCUT2D eigenvalue weighted by Gasteiger charge is -2.37. The minimum absolute atomic E-state index is 0.0655. The van der Waals surface area contributed by atoms with E-state index >= 15 is 0 Å². The largest absolute Gasteiger partial charge is 0.341 e. The molecule has 0 aromatic carbocycles. The van der Waals surface area contributed by atoms with Crippen molar-refractivity contribution in [2.75, 3.05) is 19.6 Å². The molecule has 1 aliphatic rings. The molecule has 1 aliphatic heterocycles. The fourth-order valence-corrected chi connectivity index (χ4v) is 2.81. The quantitative estimate of drug-likeness (QED) is 0.835. The molecule has 5 nitrogen and oxygen atoms in total. The third-order valence-corrected chi connectivity index (χ3v) is 4.41. The Morgan fingerprint density at radius 2 is 1.71 bits per heavy atom. The molecule has 0 aromatic rings. The van der Waals surface area contributed by atoms with Gasteiger partial charge in [-0.1, -0.05) is 13.8 Å². The first-order valence-electron chi connectivity index (χ1n) is 8.05. The molecule has 0 spiro atoms. The SMILES string of the molecule is CC(=O)N(CC1CCN(C(=O)[C@@H](N)C(C)C)CC1)C(C)C. The molecular weight excluding hydrogens is 266 g/mol. The molecule has 0 radical (unpaired) electrons. The van der Waals surface area contributed by atoms with Gasteiger partial charge in [0.25, 0.3) is 0 Å². The Bertz CT molecular complexity index is 361. The van der Waals surface area contributed by atoms with Crippen LogP contribution in [0.5, 0.6) is 0 Å². The van der Waals surface area contributed by atoms with E-state index in [4.69, 9.17) is 5.73 Å². The summed E-state index contributed by atoms with van der Waals surface area (Å²) in [6, 6.07) is -0.164. The normalized spacial score (nSPS) is 18.2. The van der Waals surface area contributed by atoms with Gasteiger partial charge in [0.15, 0.2) is 0 Å². The van der Waals surface area contributed by atoms with E-state index in [9.17, 15) is 9.59 Å². The zero-order chi connectivity index (χ0) is 16.2. The Hall–Kier alpha value is -1.10. The Labute approximate surface area is 128 Å². The summed E-state index contributed by atoms with van der Waals surface area (Å²) in [6.45, 7) is 12.0. The van der Waals surface area contributed by atoms with Crippen LogP contribution in [-0.4, -0.2) is 53.3 Å². The van der Waals surface area contributed by atoms with Crippen molar-refractivity contribution in [3.8, 4) is 0 Å². The summed E-state index contributed by atoms with van der Waals surface area (Å²) < 4.78 is 0. The van der Waals surface area contributed by atoms with Gasteiger partial charge in [0.1, 0.15) is 0 Å². The molecule has 122 valence electrons. The van der Waals surface area contributed by atoms with Gasteiger partial charge < -0.3 is 15.5 Å².